The molecule has 1 aliphatic carbocycles. The van der Waals surface area contributed by atoms with Crippen LogP contribution in [0, 0.1) is 0 Å². The fourth-order valence-corrected chi connectivity index (χ4v) is 4.52. The number of rotatable bonds is 3. The molecule has 1 aliphatic heterocycles. The molecule has 0 amide bonds. The minimum absolute atomic E-state index is 0.0517. The number of ketones is 1. The number of ether oxygens (including phenoxy) is 1. The van der Waals surface area contributed by atoms with Gasteiger partial charge in [0, 0.05) is 22.7 Å². The smallest absolute Gasteiger partial charge is 0.453 e. The van der Waals surface area contributed by atoms with Crippen molar-refractivity contribution in [2.24, 2.45) is 0 Å². The maximum Gasteiger partial charge on any atom is 0.453 e. The maximum atomic E-state index is 13.4. The van der Waals surface area contributed by atoms with E-state index in [0.717, 1.165) is 10.2 Å². The van der Waals surface area contributed by atoms with Crippen molar-refractivity contribution in [1.82, 2.24) is 14.8 Å². The van der Waals surface area contributed by atoms with Crippen LogP contribution < -0.4 is 10.1 Å². The van der Waals surface area contributed by atoms with E-state index in [0.29, 0.717) is 34.0 Å². The van der Waals surface area contributed by atoms with Gasteiger partial charge in [-0.1, -0.05) is 35.9 Å². The van der Waals surface area contributed by atoms with E-state index < -0.39 is 18.0 Å². The lowest BCUT2D eigenvalue weighted by Gasteiger charge is -2.35. The van der Waals surface area contributed by atoms with Gasteiger partial charge in [0.25, 0.3) is 5.82 Å². The number of hydrogen-bond donors (Lipinski definition) is 1. The minimum Gasteiger partial charge on any atom is -0.497 e. The summed E-state index contributed by atoms with van der Waals surface area (Å²) in [7, 11) is 1.57. The van der Waals surface area contributed by atoms with Crippen LogP contribution in [0.5, 0.6) is 5.75 Å². The lowest BCUT2D eigenvalue weighted by Crippen LogP contribution is -2.33. The first-order valence-corrected chi connectivity index (χ1v) is 10.6. The fraction of sp³-hybridized carbons (Fsp3) is 0.261. The summed E-state index contributed by atoms with van der Waals surface area (Å²) in [5, 5.41) is 7.14. The van der Waals surface area contributed by atoms with Gasteiger partial charge in [0.15, 0.2) is 5.78 Å². The average Bonchev–Trinajstić information content (AvgIpc) is 3.23. The normalized spacial score (nSPS) is 20.2. The molecule has 6 nitrogen and oxygen atoms in total. The molecule has 2 heterocycles. The van der Waals surface area contributed by atoms with Crippen molar-refractivity contribution >= 4 is 23.3 Å². The van der Waals surface area contributed by atoms with Gasteiger partial charge in [-0.15, -0.1) is 5.10 Å². The average molecular weight is 475 g/mol. The van der Waals surface area contributed by atoms with Crippen LogP contribution in [0.2, 0.25) is 5.02 Å². The lowest BCUT2D eigenvalue weighted by atomic mass is 9.78. The van der Waals surface area contributed by atoms with Crippen LogP contribution in [-0.4, -0.2) is 27.7 Å². The van der Waals surface area contributed by atoms with E-state index in [1.165, 1.54) is 0 Å². The molecule has 170 valence electrons. The second kappa shape index (κ2) is 7.91. The topological polar surface area (TPSA) is 69.0 Å². The first kappa shape index (κ1) is 21.5. The number of methoxy groups -OCH3 is 1. The van der Waals surface area contributed by atoms with Crippen molar-refractivity contribution in [3.05, 3.63) is 81.8 Å². The standard InChI is InChI=1S/C23H18ClF3N4O2/c1-33-16-8-4-12(5-9-16)14-10-17-19(18(32)11-14)20(13-2-6-15(24)7-3-13)31-22(28-17)29-21(30-31)23(25,26)27/h2-9,14,20H,10-11H2,1H3,(H,28,29,30)/t14-,20-/m0/s1. The molecule has 2 aromatic carbocycles. The Bertz CT molecular complexity index is 1250. The molecule has 0 bridgehead atoms. The number of nitrogens with zero attached hydrogens (tertiary/aromatic N) is 3. The number of alkyl halides is 3. The SMILES string of the molecule is COc1ccc([C@@H]2CC(=O)C3=C(C2)Nc2nc(C(F)(F)F)nn2[C@H]3c2ccc(Cl)cc2)cc1. The van der Waals surface area contributed by atoms with Crippen molar-refractivity contribution in [3.63, 3.8) is 0 Å². The summed E-state index contributed by atoms with van der Waals surface area (Å²) in [4.78, 5) is 17.0. The van der Waals surface area contributed by atoms with Gasteiger partial charge < -0.3 is 10.1 Å². The number of hydrogen-bond acceptors (Lipinski definition) is 5. The second-order valence-electron chi connectivity index (χ2n) is 7.97. The van der Waals surface area contributed by atoms with Crippen molar-refractivity contribution in [1.29, 1.82) is 0 Å². The van der Waals surface area contributed by atoms with Crippen molar-refractivity contribution in [2.75, 3.05) is 12.4 Å². The summed E-state index contributed by atoms with van der Waals surface area (Å²) < 4.78 is 46.5. The number of halogens is 4. The third kappa shape index (κ3) is 3.86. The lowest BCUT2D eigenvalue weighted by molar-refractivity contribution is -0.145. The molecule has 10 heteroatoms. The molecule has 2 aliphatic rings. The van der Waals surface area contributed by atoms with Crippen LogP contribution in [0.3, 0.4) is 0 Å². The van der Waals surface area contributed by atoms with E-state index in [4.69, 9.17) is 16.3 Å². The Hall–Kier alpha value is -3.33. The third-order valence-electron chi connectivity index (χ3n) is 5.95. The van der Waals surface area contributed by atoms with Gasteiger partial charge in [-0.05, 0) is 47.7 Å². The highest BCUT2D eigenvalue weighted by atomic mass is 35.5. The quantitative estimate of drug-likeness (QED) is 0.552. The van der Waals surface area contributed by atoms with E-state index in [9.17, 15) is 18.0 Å². The Kier molecular flexibility index (Phi) is 5.16. The molecule has 0 saturated heterocycles. The van der Waals surface area contributed by atoms with Crippen LogP contribution in [0.15, 0.2) is 59.8 Å². The summed E-state index contributed by atoms with van der Waals surface area (Å²) in [6.07, 6.45) is -4.04. The molecule has 0 radical (unpaired) electrons. The van der Waals surface area contributed by atoms with Gasteiger partial charge in [-0.3, -0.25) is 4.79 Å². The predicted octanol–water partition coefficient (Wildman–Crippen LogP) is 5.37. The number of anilines is 1. The Balaban J connectivity index is 1.59. The molecular weight excluding hydrogens is 457 g/mol. The highest BCUT2D eigenvalue weighted by molar-refractivity contribution is 6.30. The van der Waals surface area contributed by atoms with E-state index in [1.807, 2.05) is 24.3 Å². The van der Waals surface area contributed by atoms with Gasteiger partial charge in [-0.2, -0.15) is 18.2 Å². The number of benzene rings is 2. The van der Waals surface area contributed by atoms with Crippen LogP contribution in [0.4, 0.5) is 19.1 Å². The Morgan fingerprint density at radius 2 is 1.73 bits per heavy atom. The van der Waals surface area contributed by atoms with Crippen molar-refractivity contribution in [3.8, 4) is 5.75 Å². The van der Waals surface area contributed by atoms with Gasteiger partial charge in [0.2, 0.25) is 5.95 Å². The van der Waals surface area contributed by atoms with Gasteiger partial charge >= 0.3 is 6.18 Å². The van der Waals surface area contributed by atoms with E-state index >= 15 is 0 Å². The summed E-state index contributed by atoms with van der Waals surface area (Å²) in [5.41, 5.74) is 2.50. The zero-order valence-electron chi connectivity index (χ0n) is 17.4. The molecule has 2 atom stereocenters. The number of carbonyl (C=O) groups excluding carboxylic acids is 1. The number of aromatic nitrogens is 3. The largest absolute Gasteiger partial charge is 0.497 e. The summed E-state index contributed by atoms with van der Waals surface area (Å²) in [6.45, 7) is 0. The number of nitrogens with one attached hydrogen (secondary N) is 1. The molecule has 0 saturated carbocycles. The van der Waals surface area contributed by atoms with E-state index in [2.05, 4.69) is 15.4 Å². The first-order valence-electron chi connectivity index (χ1n) is 10.2. The van der Waals surface area contributed by atoms with Crippen molar-refractivity contribution in [2.45, 2.75) is 31.0 Å². The third-order valence-corrected chi connectivity index (χ3v) is 6.20. The van der Waals surface area contributed by atoms with Crippen molar-refractivity contribution < 1.29 is 22.7 Å². The molecule has 1 aromatic heterocycles. The molecule has 33 heavy (non-hydrogen) atoms. The first-order chi connectivity index (χ1) is 15.7. The number of Topliss-reactive ketones (excluding diaryl/α,β-unsaturated/α-hetero) is 1. The number of allylic oxidation sites excluding steroid dienone is 2. The van der Waals surface area contributed by atoms with Crippen LogP contribution in [-0.2, 0) is 11.0 Å². The van der Waals surface area contributed by atoms with E-state index in [-0.39, 0.29) is 24.1 Å². The summed E-state index contributed by atoms with van der Waals surface area (Å²) in [6, 6.07) is 13.2. The van der Waals surface area contributed by atoms with Gasteiger partial charge in [0.1, 0.15) is 11.8 Å². The Labute approximate surface area is 192 Å². The zero-order valence-corrected chi connectivity index (χ0v) is 18.1. The number of fused-ring (bicyclic) bond motifs is 1. The highest BCUT2D eigenvalue weighted by Crippen LogP contribution is 2.45. The van der Waals surface area contributed by atoms with Crippen LogP contribution in [0.1, 0.15) is 41.8 Å². The zero-order chi connectivity index (χ0) is 23.3. The van der Waals surface area contributed by atoms with Gasteiger partial charge in [0.05, 0.1) is 7.11 Å². The van der Waals surface area contributed by atoms with Crippen LogP contribution in [0.25, 0.3) is 0 Å². The minimum atomic E-state index is -4.72. The second-order valence-corrected chi connectivity index (χ2v) is 8.41. The Morgan fingerprint density at radius 1 is 1.06 bits per heavy atom. The molecule has 3 aromatic rings. The Morgan fingerprint density at radius 3 is 2.36 bits per heavy atom. The molecule has 5 rings (SSSR count). The molecule has 0 fully saturated rings. The molecular formula is C23H18ClF3N4O2. The predicted molar refractivity (Wildman–Crippen MR) is 115 cm³/mol. The molecule has 1 N–H and O–H groups in total. The van der Waals surface area contributed by atoms with E-state index in [1.54, 1.807) is 31.4 Å². The maximum absolute atomic E-state index is 13.4. The van der Waals surface area contributed by atoms with Crippen LogP contribution >= 0.6 is 11.6 Å². The molecule has 0 unspecified atom stereocenters. The monoisotopic (exact) mass is 474 g/mol. The fourth-order valence-electron chi connectivity index (χ4n) is 4.40. The summed E-state index contributed by atoms with van der Waals surface area (Å²) >= 11 is 6.01. The summed E-state index contributed by atoms with van der Waals surface area (Å²) in [5.74, 6) is -0.893. The number of carbonyl (C=O) groups is 1. The highest BCUT2D eigenvalue weighted by Gasteiger charge is 2.43. The molecule has 0 spiro atoms. The van der Waals surface area contributed by atoms with Gasteiger partial charge in [-0.25, -0.2) is 4.68 Å².